The molecule has 0 radical (unpaired) electrons. The average Bonchev–Trinajstić information content (AvgIpc) is 2.38. The number of thiol groups is 1. The van der Waals surface area contributed by atoms with Crippen molar-refractivity contribution in [3.63, 3.8) is 0 Å². The molecule has 0 fully saturated rings. The molecule has 86 valence electrons. The average molecular weight is 244 g/mol. The Balaban J connectivity index is 2.66. The minimum Gasteiger partial charge on any atom is -0.496 e. The first kappa shape index (κ1) is 11.7. The summed E-state index contributed by atoms with van der Waals surface area (Å²) in [7, 11) is 1.55. The Morgan fingerprint density at radius 1 is 1.06 bits per heavy atom. The Hall–Kier alpha value is -1.74. The van der Waals surface area contributed by atoms with Crippen molar-refractivity contribution in [2.24, 2.45) is 0 Å². The van der Waals surface area contributed by atoms with Gasteiger partial charge in [-0.1, -0.05) is 42.5 Å². The Morgan fingerprint density at radius 3 is 2.35 bits per heavy atom. The molecular weight excluding hydrogens is 232 g/mol. The molecule has 0 spiro atoms. The van der Waals surface area contributed by atoms with Gasteiger partial charge in [0, 0.05) is 0 Å². The molecule has 0 unspecified atom stereocenters. The molecule has 0 heterocycles. The van der Waals surface area contributed by atoms with E-state index in [0.717, 1.165) is 11.1 Å². The van der Waals surface area contributed by atoms with Crippen LogP contribution in [-0.4, -0.2) is 12.2 Å². The second kappa shape index (κ2) is 5.06. The number of hydrogen-bond acceptors (Lipinski definition) is 2. The predicted octanol–water partition coefficient (Wildman–Crippen LogP) is 3.43. The van der Waals surface area contributed by atoms with Crippen molar-refractivity contribution in [1.29, 1.82) is 0 Å². The first-order valence-electron chi connectivity index (χ1n) is 5.19. The summed E-state index contributed by atoms with van der Waals surface area (Å²) in [5, 5.41) is -0.290. The van der Waals surface area contributed by atoms with Crippen molar-refractivity contribution in [1.82, 2.24) is 0 Å². The summed E-state index contributed by atoms with van der Waals surface area (Å²) in [5.41, 5.74) is 2.32. The third-order valence-corrected chi connectivity index (χ3v) is 2.77. The smallest absolute Gasteiger partial charge is 0.220 e. The fourth-order valence-electron chi connectivity index (χ4n) is 1.78. The van der Waals surface area contributed by atoms with Crippen LogP contribution in [0.3, 0.4) is 0 Å². The second-order valence-electron chi connectivity index (χ2n) is 3.55. The van der Waals surface area contributed by atoms with E-state index >= 15 is 0 Å². The number of ether oxygens (including phenoxy) is 1. The van der Waals surface area contributed by atoms with Gasteiger partial charge in [-0.3, -0.25) is 4.79 Å². The van der Waals surface area contributed by atoms with Crippen LogP contribution in [0.4, 0.5) is 0 Å². The van der Waals surface area contributed by atoms with Crippen molar-refractivity contribution in [2.45, 2.75) is 0 Å². The van der Waals surface area contributed by atoms with Crippen LogP contribution in [0.5, 0.6) is 5.75 Å². The van der Waals surface area contributed by atoms with Crippen molar-refractivity contribution in [2.75, 3.05) is 7.11 Å². The Morgan fingerprint density at radius 2 is 1.76 bits per heavy atom. The van der Waals surface area contributed by atoms with Gasteiger partial charge in [0.1, 0.15) is 5.75 Å². The van der Waals surface area contributed by atoms with Crippen LogP contribution in [-0.2, 0) is 0 Å². The molecule has 0 amide bonds. The van der Waals surface area contributed by atoms with E-state index in [2.05, 4.69) is 12.6 Å². The summed E-state index contributed by atoms with van der Waals surface area (Å²) in [4.78, 5) is 11.6. The molecular formula is C14H12O2S. The fraction of sp³-hybridized carbons (Fsp3) is 0.0714. The maximum atomic E-state index is 11.6. The zero-order chi connectivity index (χ0) is 12.3. The molecule has 2 rings (SSSR count). The first-order valence-corrected chi connectivity index (χ1v) is 5.64. The van der Waals surface area contributed by atoms with Gasteiger partial charge in [-0.05, 0) is 17.2 Å². The van der Waals surface area contributed by atoms with Gasteiger partial charge in [-0.15, -0.1) is 12.6 Å². The minimum atomic E-state index is -0.290. The van der Waals surface area contributed by atoms with E-state index in [9.17, 15) is 4.79 Å². The van der Waals surface area contributed by atoms with Gasteiger partial charge in [0.2, 0.25) is 5.12 Å². The highest BCUT2D eigenvalue weighted by Gasteiger charge is 2.14. The van der Waals surface area contributed by atoms with Crippen LogP contribution in [0.2, 0.25) is 0 Å². The SMILES string of the molecule is COc1cccc(-c2ccccc2)c1C(=O)S. The molecule has 0 saturated carbocycles. The van der Waals surface area contributed by atoms with E-state index < -0.39 is 0 Å². The van der Waals surface area contributed by atoms with Gasteiger partial charge in [0.25, 0.3) is 0 Å². The molecule has 0 atom stereocenters. The van der Waals surface area contributed by atoms with Crippen LogP contribution in [0.15, 0.2) is 48.5 Å². The van der Waals surface area contributed by atoms with Gasteiger partial charge in [0.15, 0.2) is 0 Å². The van der Waals surface area contributed by atoms with E-state index in [-0.39, 0.29) is 5.12 Å². The molecule has 17 heavy (non-hydrogen) atoms. The topological polar surface area (TPSA) is 26.3 Å². The zero-order valence-electron chi connectivity index (χ0n) is 9.38. The lowest BCUT2D eigenvalue weighted by Crippen LogP contribution is -1.98. The van der Waals surface area contributed by atoms with Gasteiger partial charge in [-0.2, -0.15) is 0 Å². The lowest BCUT2D eigenvalue weighted by atomic mass is 9.99. The third-order valence-electron chi connectivity index (χ3n) is 2.54. The number of rotatable bonds is 3. The van der Waals surface area contributed by atoms with E-state index in [0.29, 0.717) is 11.3 Å². The van der Waals surface area contributed by atoms with Crippen LogP contribution < -0.4 is 4.74 Å². The van der Waals surface area contributed by atoms with Gasteiger partial charge < -0.3 is 4.74 Å². The molecule has 0 aliphatic carbocycles. The number of carbonyl (C=O) groups excluding carboxylic acids is 1. The van der Waals surface area contributed by atoms with Gasteiger partial charge >= 0.3 is 0 Å². The van der Waals surface area contributed by atoms with E-state index in [1.54, 1.807) is 13.2 Å². The first-order chi connectivity index (χ1) is 8.24. The van der Waals surface area contributed by atoms with Gasteiger partial charge in [0.05, 0.1) is 12.7 Å². The monoisotopic (exact) mass is 244 g/mol. The molecule has 0 aromatic heterocycles. The number of methoxy groups -OCH3 is 1. The highest BCUT2D eigenvalue weighted by molar-refractivity contribution is 7.97. The van der Waals surface area contributed by atoms with Crippen molar-refractivity contribution in [3.8, 4) is 16.9 Å². The van der Waals surface area contributed by atoms with Crippen molar-refractivity contribution in [3.05, 3.63) is 54.1 Å². The summed E-state index contributed by atoms with van der Waals surface area (Å²) >= 11 is 3.91. The van der Waals surface area contributed by atoms with Crippen LogP contribution in [0.1, 0.15) is 10.4 Å². The summed E-state index contributed by atoms with van der Waals surface area (Å²) in [6.45, 7) is 0. The molecule has 0 aliphatic rings. The van der Waals surface area contributed by atoms with Gasteiger partial charge in [-0.25, -0.2) is 0 Å². The Bertz CT molecular complexity index is 535. The quantitative estimate of drug-likeness (QED) is 0.837. The summed E-state index contributed by atoms with van der Waals surface area (Å²) in [6.07, 6.45) is 0. The van der Waals surface area contributed by atoms with Crippen molar-refractivity contribution < 1.29 is 9.53 Å². The predicted molar refractivity (Wildman–Crippen MR) is 71.7 cm³/mol. The standard InChI is InChI=1S/C14H12O2S/c1-16-12-9-5-8-11(13(12)14(15)17)10-6-3-2-4-7-10/h2-9H,1H3,(H,15,17). The molecule has 0 saturated heterocycles. The second-order valence-corrected chi connectivity index (χ2v) is 3.96. The summed E-state index contributed by atoms with van der Waals surface area (Å²) in [5.74, 6) is 0.548. The number of benzene rings is 2. The highest BCUT2D eigenvalue weighted by Crippen LogP contribution is 2.31. The number of carbonyl (C=O) groups is 1. The van der Waals surface area contributed by atoms with E-state index in [4.69, 9.17) is 4.74 Å². The van der Waals surface area contributed by atoms with Crippen LogP contribution in [0, 0.1) is 0 Å². The molecule has 0 bridgehead atoms. The lowest BCUT2D eigenvalue weighted by molar-refractivity contribution is 0.108. The molecule has 0 aliphatic heterocycles. The minimum absolute atomic E-state index is 0.290. The fourth-order valence-corrected chi connectivity index (χ4v) is 2.01. The molecule has 0 N–H and O–H groups in total. The Labute approximate surface area is 106 Å². The maximum absolute atomic E-state index is 11.6. The summed E-state index contributed by atoms with van der Waals surface area (Å²) < 4.78 is 5.20. The lowest BCUT2D eigenvalue weighted by Gasteiger charge is -2.11. The maximum Gasteiger partial charge on any atom is 0.220 e. The van der Waals surface area contributed by atoms with Crippen molar-refractivity contribution >= 4 is 17.7 Å². The third kappa shape index (κ3) is 2.34. The summed E-state index contributed by atoms with van der Waals surface area (Å²) in [6, 6.07) is 15.2. The zero-order valence-corrected chi connectivity index (χ0v) is 10.3. The molecule has 2 aromatic rings. The highest BCUT2D eigenvalue weighted by atomic mass is 32.1. The molecule has 3 heteroatoms. The van der Waals surface area contributed by atoms with E-state index in [1.807, 2.05) is 42.5 Å². The molecule has 2 aromatic carbocycles. The van der Waals surface area contributed by atoms with E-state index in [1.165, 1.54) is 0 Å². The van der Waals surface area contributed by atoms with Crippen LogP contribution in [0.25, 0.3) is 11.1 Å². The molecule has 2 nitrogen and oxygen atoms in total. The normalized spacial score (nSPS) is 10.0. The Kier molecular flexibility index (Phi) is 3.49. The largest absolute Gasteiger partial charge is 0.496 e. The van der Waals surface area contributed by atoms with Crippen LogP contribution >= 0.6 is 12.6 Å². The number of hydrogen-bond donors (Lipinski definition) is 1.